The summed E-state index contributed by atoms with van der Waals surface area (Å²) in [7, 11) is 0. The molecule has 0 unspecified atom stereocenters. The van der Waals surface area contributed by atoms with Gasteiger partial charge in [-0.2, -0.15) is 5.26 Å². The Morgan fingerprint density at radius 3 is 2.70 bits per heavy atom. The summed E-state index contributed by atoms with van der Waals surface area (Å²) in [6.45, 7) is 0. The molecule has 0 atom stereocenters. The van der Waals surface area contributed by atoms with Crippen molar-refractivity contribution in [1.29, 1.82) is 5.26 Å². The van der Waals surface area contributed by atoms with Gasteiger partial charge in [0.25, 0.3) is 5.69 Å². The zero-order valence-electron chi connectivity index (χ0n) is 12.0. The first-order valence-corrected chi connectivity index (χ1v) is 6.90. The predicted octanol–water partition coefficient (Wildman–Crippen LogP) is 4.19. The molecule has 0 saturated heterocycles. The van der Waals surface area contributed by atoms with Gasteiger partial charge in [-0.3, -0.25) is 10.1 Å². The third kappa shape index (κ3) is 3.06. The molecule has 0 amide bonds. The van der Waals surface area contributed by atoms with Crippen LogP contribution in [0, 0.1) is 21.4 Å². The Hall–Kier alpha value is -3.52. The van der Waals surface area contributed by atoms with E-state index in [-0.39, 0.29) is 5.69 Å². The number of non-ortho nitro benzene ring substituents is 1. The molecule has 0 bridgehead atoms. The average Bonchev–Trinajstić information content (AvgIpc) is 2.59. The maximum atomic E-state index is 11.1. The second-order valence-corrected chi connectivity index (χ2v) is 4.91. The molecule has 0 aliphatic carbocycles. The summed E-state index contributed by atoms with van der Waals surface area (Å²) in [5, 5.41) is 20.7. The van der Waals surface area contributed by atoms with Crippen LogP contribution in [-0.4, -0.2) is 9.91 Å². The smallest absolute Gasteiger partial charge is 0.258 e. The molecule has 110 valence electrons. The summed E-state index contributed by atoms with van der Waals surface area (Å²) in [6.07, 6.45) is 3.59. The van der Waals surface area contributed by atoms with Crippen molar-refractivity contribution >= 4 is 28.7 Å². The third-order valence-electron chi connectivity index (χ3n) is 3.38. The Bertz CT molecular complexity index is 971. The quantitative estimate of drug-likeness (QED) is 0.536. The molecule has 3 rings (SSSR count). The van der Waals surface area contributed by atoms with Gasteiger partial charge in [0, 0.05) is 11.5 Å². The van der Waals surface area contributed by atoms with Crippen LogP contribution in [0.15, 0.2) is 54.6 Å². The van der Waals surface area contributed by atoms with Crippen molar-refractivity contribution in [2.75, 3.05) is 0 Å². The first-order valence-electron chi connectivity index (χ1n) is 6.90. The van der Waals surface area contributed by atoms with Crippen LogP contribution in [0.4, 0.5) is 5.69 Å². The van der Waals surface area contributed by atoms with Crippen molar-refractivity contribution < 1.29 is 4.92 Å². The van der Waals surface area contributed by atoms with Crippen LogP contribution in [0.5, 0.6) is 0 Å². The van der Waals surface area contributed by atoms with Crippen molar-refractivity contribution in [2.24, 2.45) is 0 Å². The molecule has 2 aromatic carbocycles. The van der Waals surface area contributed by atoms with E-state index in [1.54, 1.807) is 48.5 Å². The van der Waals surface area contributed by atoms with Gasteiger partial charge in [-0.1, -0.05) is 36.4 Å². The molecule has 1 heterocycles. The number of nitrogens with zero attached hydrogens (tertiary/aromatic N) is 3. The normalized spacial score (nSPS) is 10.7. The lowest BCUT2D eigenvalue weighted by atomic mass is 10.1. The Labute approximate surface area is 132 Å². The molecule has 0 radical (unpaired) electrons. The van der Waals surface area contributed by atoms with Gasteiger partial charge in [0.2, 0.25) is 0 Å². The van der Waals surface area contributed by atoms with E-state index in [0.29, 0.717) is 16.8 Å². The van der Waals surface area contributed by atoms with Crippen LogP contribution in [0.2, 0.25) is 0 Å². The number of fused-ring (bicyclic) bond motifs is 1. The molecule has 0 spiro atoms. The fourth-order valence-corrected chi connectivity index (χ4v) is 2.28. The molecule has 0 saturated carbocycles. The van der Waals surface area contributed by atoms with Crippen molar-refractivity contribution in [3.8, 4) is 6.07 Å². The summed E-state index contributed by atoms with van der Waals surface area (Å²) in [5.74, 6) is 0. The number of benzene rings is 2. The molecule has 0 aliphatic heterocycles. The fourth-order valence-electron chi connectivity index (χ4n) is 2.28. The van der Waals surface area contributed by atoms with Crippen LogP contribution in [0.25, 0.3) is 23.1 Å². The summed E-state index contributed by atoms with van der Waals surface area (Å²) < 4.78 is 0. The second kappa shape index (κ2) is 6.08. The number of pyridine rings is 1. The monoisotopic (exact) mass is 301 g/mol. The minimum atomic E-state index is -0.431. The van der Waals surface area contributed by atoms with E-state index >= 15 is 0 Å². The van der Waals surface area contributed by atoms with E-state index in [4.69, 9.17) is 5.26 Å². The van der Waals surface area contributed by atoms with Crippen LogP contribution in [-0.2, 0) is 0 Å². The maximum Gasteiger partial charge on any atom is 0.295 e. The summed E-state index contributed by atoms with van der Waals surface area (Å²) in [5.41, 5.74) is 2.42. The van der Waals surface area contributed by atoms with Gasteiger partial charge in [0.05, 0.1) is 22.2 Å². The lowest BCUT2D eigenvalue weighted by molar-refractivity contribution is -0.383. The molecule has 1 aromatic heterocycles. The highest BCUT2D eigenvalue weighted by Gasteiger charge is 2.12. The average molecular weight is 301 g/mol. The van der Waals surface area contributed by atoms with E-state index in [1.807, 2.05) is 12.1 Å². The molecule has 0 N–H and O–H groups in total. The van der Waals surface area contributed by atoms with E-state index in [2.05, 4.69) is 11.1 Å². The maximum absolute atomic E-state index is 11.1. The van der Waals surface area contributed by atoms with Gasteiger partial charge >= 0.3 is 0 Å². The van der Waals surface area contributed by atoms with Crippen LogP contribution in [0.3, 0.4) is 0 Å². The lowest BCUT2D eigenvalue weighted by Gasteiger charge is -2.00. The predicted molar refractivity (Wildman–Crippen MR) is 88.5 cm³/mol. The van der Waals surface area contributed by atoms with Gasteiger partial charge in [0.1, 0.15) is 5.52 Å². The molecular formula is C18H11N3O2. The highest BCUT2D eigenvalue weighted by molar-refractivity contribution is 5.88. The Morgan fingerprint density at radius 1 is 1.09 bits per heavy atom. The van der Waals surface area contributed by atoms with Crippen molar-refractivity contribution in [2.45, 2.75) is 0 Å². The SMILES string of the molecule is N#Cc1cccc(/C=C/c2ccc3cccc([N+](=O)[O-])c3n2)c1. The molecular weight excluding hydrogens is 290 g/mol. The number of nitriles is 1. The molecule has 3 aromatic rings. The Balaban J connectivity index is 2.00. The number of aromatic nitrogens is 1. The lowest BCUT2D eigenvalue weighted by Crippen LogP contribution is -1.92. The minimum absolute atomic E-state index is 0.00997. The largest absolute Gasteiger partial charge is 0.295 e. The van der Waals surface area contributed by atoms with Gasteiger partial charge in [0.15, 0.2) is 0 Å². The number of nitro groups is 1. The van der Waals surface area contributed by atoms with E-state index in [9.17, 15) is 10.1 Å². The molecule has 23 heavy (non-hydrogen) atoms. The van der Waals surface area contributed by atoms with E-state index in [0.717, 1.165) is 10.9 Å². The van der Waals surface area contributed by atoms with E-state index in [1.165, 1.54) is 6.07 Å². The van der Waals surface area contributed by atoms with E-state index < -0.39 is 4.92 Å². The number of nitro benzene ring substituents is 1. The second-order valence-electron chi connectivity index (χ2n) is 4.91. The Kier molecular flexibility index (Phi) is 3.81. The highest BCUT2D eigenvalue weighted by Crippen LogP contribution is 2.24. The minimum Gasteiger partial charge on any atom is -0.258 e. The summed E-state index contributed by atoms with van der Waals surface area (Å²) in [6, 6.07) is 17.7. The first-order chi connectivity index (χ1) is 11.2. The fraction of sp³-hybridized carbons (Fsp3) is 0. The topological polar surface area (TPSA) is 79.8 Å². The summed E-state index contributed by atoms with van der Waals surface area (Å²) >= 11 is 0. The van der Waals surface area contributed by atoms with Crippen LogP contribution in [0.1, 0.15) is 16.8 Å². The zero-order valence-corrected chi connectivity index (χ0v) is 12.0. The number of hydrogen-bond acceptors (Lipinski definition) is 4. The molecule has 0 fully saturated rings. The highest BCUT2D eigenvalue weighted by atomic mass is 16.6. The first kappa shape index (κ1) is 14.4. The van der Waals surface area contributed by atoms with Gasteiger partial charge < -0.3 is 0 Å². The number of hydrogen-bond donors (Lipinski definition) is 0. The van der Waals surface area contributed by atoms with Crippen molar-refractivity contribution in [3.63, 3.8) is 0 Å². The third-order valence-corrected chi connectivity index (χ3v) is 3.38. The zero-order chi connectivity index (χ0) is 16.2. The molecule has 5 nitrogen and oxygen atoms in total. The van der Waals surface area contributed by atoms with Crippen LogP contribution >= 0.6 is 0 Å². The van der Waals surface area contributed by atoms with Gasteiger partial charge in [-0.15, -0.1) is 0 Å². The molecule has 5 heteroatoms. The number of rotatable bonds is 3. The molecule has 0 aliphatic rings. The summed E-state index contributed by atoms with van der Waals surface area (Å²) in [4.78, 5) is 15.0. The standard InChI is InChI=1S/C18H11N3O2/c19-12-14-4-1-3-13(11-14)7-9-16-10-8-15-5-2-6-17(21(22)23)18(15)20-16/h1-11H/b9-7+. The van der Waals surface area contributed by atoms with Crippen molar-refractivity contribution in [1.82, 2.24) is 4.98 Å². The number of para-hydroxylation sites is 1. The van der Waals surface area contributed by atoms with Gasteiger partial charge in [-0.05, 0) is 29.8 Å². The van der Waals surface area contributed by atoms with Crippen LogP contribution < -0.4 is 0 Å². The van der Waals surface area contributed by atoms with Crippen molar-refractivity contribution in [3.05, 3.63) is 81.5 Å². The van der Waals surface area contributed by atoms with Gasteiger partial charge in [-0.25, -0.2) is 4.98 Å². The Morgan fingerprint density at radius 2 is 1.91 bits per heavy atom.